The lowest BCUT2D eigenvalue weighted by molar-refractivity contribution is 0.00404. The maximum Gasteiger partial charge on any atom is 0.256 e. The first-order valence-corrected chi connectivity index (χ1v) is 9.84. The van der Waals surface area contributed by atoms with Crippen LogP contribution in [0, 0.1) is 13.8 Å². The summed E-state index contributed by atoms with van der Waals surface area (Å²) in [6.07, 6.45) is 4.71. The predicted molar refractivity (Wildman–Crippen MR) is 109 cm³/mol. The fourth-order valence-electron chi connectivity index (χ4n) is 3.46. The maximum atomic E-state index is 12.7. The first kappa shape index (κ1) is 19.7. The summed E-state index contributed by atoms with van der Waals surface area (Å²) in [4.78, 5) is 12.7. The Morgan fingerprint density at radius 1 is 1.22 bits per heavy atom. The van der Waals surface area contributed by atoms with Crippen LogP contribution in [0.1, 0.15) is 47.2 Å². The van der Waals surface area contributed by atoms with Crippen LogP contribution in [0.3, 0.4) is 0 Å². The highest BCUT2D eigenvalue weighted by molar-refractivity contribution is 6.33. The van der Waals surface area contributed by atoms with Gasteiger partial charge in [-0.2, -0.15) is 0 Å². The Bertz CT molecular complexity index is 777. The van der Waals surface area contributed by atoms with Gasteiger partial charge in [0.1, 0.15) is 5.75 Å². The minimum absolute atomic E-state index is 0.166. The van der Waals surface area contributed by atoms with Crippen molar-refractivity contribution < 1.29 is 14.3 Å². The highest BCUT2D eigenvalue weighted by Crippen LogP contribution is 2.26. The van der Waals surface area contributed by atoms with Gasteiger partial charge in [0.15, 0.2) is 0 Å². The van der Waals surface area contributed by atoms with Gasteiger partial charge in [0.05, 0.1) is 23.4 Å². The molecule has 1 fully saturated rings. The van der Waals surface area contributed by atoms with Crippen LogP contribution in [-0.4, -0.2) is 25.2 Å². The van der Waals surface area contributed by atoms with E-state index in [1.54, 1.807) is 12.1 Å². The summed E-state index contributed by atoms with van der Waals surface area (Å²) in [6, 6.07) is 11.0. The second-order valence-electron chi connectivity index (χ2n) is 6.99. The summed E-state index contributed by atoms with van der Waals surface area (Å²) in [7, 11) is 0. The van der Waals surface area contributed by atoms with Gasteiger partial charge in [0.25, 0.3) is 5.91 Å². The molecular weight excluding hydrogens is 362 g/mol. The topological polar surface area (TPSA) is 47.6 Å². The van der Waals surface area contributed by atoms with Crippen LogP contribution in [0.2, 0.25) is 5.02 Å². The molecule has 1 aliphatic heterocycles. The molecule has 4 nitrogen and oxygen atoms in total. The second-order valence-corrected chi connectivity index (χ2v) is 7.40. The maximum absolute atomic E-state index is 12.7. The van der Waals surface area contributed by atoms with Crippen molar-refractivity contribution in [3.05, 3.63) is 58.1 Å². The molecule has 0 aromatic heterocycles. The number of aryl methyl sites for hydroxylation is 2. The number of benzene rings is 2. The number of carbonyl (C=O) groups excluding carboxylic acids is 1. The number of amides is 1. The van der Waals surface area contributed by atoms with E-state index in [1.165, 1.54) is 6.42 Å². The summed E-state index contributed by atoms with van der Waals surface area (Å²) in [5, 5.41) is 3.41. The number of rotatable bonds is 6. The van der Waals surface area contributed by atoms with Crippen molar-refractivity contribution in [1.29, 1.82) is 0 Å². The zero-order valence-corrected chi connectivity index (χ0v) is 16.6. The molecule has 1 saturated heterocycles. The molecule has 2 aromatic rings. The zero-order valence-electron chi connectivity index (χ0n) is 15.9. The Morgan fingerprint density at radius 2 is 1.96 bits per heavy atom. The molecule has 27 heavy (non-hydrogen) atoms. The predicted octanol–water partition coefficient (Wildman–Crippen LogP) is 5.55. The molecule has 0 radical (unpaired) electrons. The molecule has 1 atom stereocenters. The van der Waals surface area contributed by atoms with Gasteiger partial charge in [-0.25, -0.2) is 0 Å². The number of halogens is 1. The molecule has 5 heteroatoms. The van der Waals surface area contributed by atoms with E-state index in [9.17, 15) is 4.79 Å². The number of ether oxygens (including phenoxy) is 2. The summed E-state index contributed by atoms with van der Waals surface area (Å²) in [5.41, 5.74) is 3.01. The molecule has 0 spiro atoms. The van der Waals surface area contributed by atoms with Crippen molar-refractivity contribution in [2.45, 2.75) is 45.6 Å². The lowest BCUT2D eigenvalue weighted by Crippen LogP contribution is -2.21. The molecule has 2 aromatic carbocycles. The summed E-state index contributed by atoms with van der Waals surface area (Å²) in [6.45, 7) is 5.32. The SMILES string of the molecule is Cc1cc(OCCC2CCCCO2)cc(C)c1C(=O)Nc1ccccc1Cl. The number of hydrogen-bond donors (Lipinski definition) is 1. The highest BCUT2D eigenvalue weighted by Gasteiger charge is 2.16. The van der Waals surface area contributed by atoms with E-state index >= 15 is 0 Å². The lowest BCUT2D eigenvalue weighted by atomic mass is 10.0. The molecule has 0 aliphatic carbocycles. The summed E-state index contributed by atoms with van der Waals surface area (Å²) in [5.74, 6) is 0.621. The van der Waals surface area contributed by atoms with Crippen molar-refractivity contribution in [2.75, 3.05) is 18.5 Å². The smallest absolute Gasteiger partial charge is 0.256 e. The Balaban J connectivity index is 1.63. The zero-order chi connectivity index (χ0) is 19.2. The standard InChI is InChI=1S/C22H26ClNO3/c1-15-13-18(27-12-10-17-7-5-6-11-26-17)14-16(2)21(15)22(25)24-20-9-4-3-8-19(20)23/h3-4,8-9,13-14,17H,5-7,10-12H2,1-2H3,(H,24,25). The van der Waals surface area contributed by atoms with Gasteiger partial charge in [-0.05, 0) is 68.5 Å². The van der Waals surface area contributed by atoms with Gasteiger partial charge < -0.3 is 14.8 Å². The molecule has 3 rings (SSSR count). The van der Waals surface area contributed by atoms with E-state index in [0.717, 1.165) is 42.7 Å². The molecule has 1 heterocycles. The quantitative estimate of drug-likeness (QED) is 0.707. The average Bonchev–Trinajstić information content (AvgIpc) is 2.64. The van der Waals surface area contributed by atoms with Gasteiger partial charge in [-0.3, -0.25) is 4.79 Å². The van der Waals surface area contributed by atoms with Crippen LogP contribution in [0.5, 0.6) is 5.75 Å². The third-order valence-corrected chi connectivity index (χ3v) is 5.17. The molecule has 1 unspecified atom stereocenters. The van der Waals surface area contributed by atoms with Crippen molar-refractivity contribution in [3.8, 4) is 5.75 Å². The monoisotopic (exact) mass is 387 g/mol. The van der Waals surface area contributed by atoms with Crippen molar-refractivity contribution in [1.82, 2.24) is 0 Å². The van der Waals surface area contributed by atoms with Gasteiger partial charge in [-0.15, -0.1) is 0 Å². The van der Waals surface area contributed by atoms with E-state index in [2.05, 4.69) is 5.32 Å². The van der Waals surface area contributed by atoms with E-state index in [1.807, 2.05) is 38.1 Å². The van der Waals surface area contributed by atoms with E-state index in [0.29, 0.717) is 29.0 Å². The fraction of sp³-hybridized carbons (Fsp3) is 0.409. The van der Waals surface area contributed by atoms with Gasteiger partial charge in [0, 0.05) is 18.6 Å². The van der Waals surface area contributed by atoms with Crippen molar-refractivity contribution in [3.63, 3.8) is 0 Å². The van der Waals surface area contributed by atoms with E-state index in [-0.39, 0.29) is 5.91 Å². The van der Waals surface area contributed by atoms with Gasteiger partial charge >= 0.3 is 0 Å². The van der Waals surface area contributed by atoms with Crippen LogP contribution in [0.4, 0.5) is 5.69 Å². The molecule has 1 aliphatic rings. The molecule has 144 valence electrons. The Hall–Kier alpha value is -2.04. The first-order valence-electron chi connectivity index (χ1n) is 9.46. The van der Waals surface area contributed by atoms with E-state index in [4.69, 9.17) is 21.1 Å². The van der Waals surface area contributed by atoms with Crippen LogP contribution < -0.4 is 10.1 Å². The third-order valence-electron chi connectivity index (χ3n) is 4.84. The minimum Gasteiger partial charge on any atom is -0.493 e. The largest absolute Gasteiger partial charge is 0.493 e. The molecular formula is C22H26ClNO3. The van der Waals surface area contributed by atoms with Crippen molar-refractivity contribution in [2.24, 2.45) is 0 Å². The van der Waals surface area contributed by atoms with Gasteiger partial charge in [0.2, 0.25) is 0 Å². The van der Waals surface area contributed by atoms with E-state index < -0.39 is 0 Å². The van der Waals surface area contributed by atoms with Gasteiger partial charge in [-0.1, -0.05) is 23.7 Å². The number of carbonyl (C=O) groups is 1. The first-order chi connectivity index (χ1) is 13.0. The minimum atomic E-state index is -0.166. The number of hydrogen-bond acceptors (Lipinski definition) is 3. The lowest BCUT2D eigenvalue weighted by Gasteiger charge is -2.22. The Morgan fingerprint density at radius 3 is 2.63 bits per heavy atom. The third kappa shape index (κ3) is 5.24. The molecule has 1 N–H and O–H groups in total. The number of nitrogens with one attached hydrogen (secondary N) is 1. The number of anilines is 1. The molecule has 0 saturated carbocycles. The van der Waals surface area contributed by atoms with Crippen LogP contribution >= 0.6 is 11.6 Å². The molecule has 0 bridgehead atoms. The normalized spacial score (nSPS) is 16.8. The average molecular weight is 388 g/mol. The Labute approximate surface area is 165 Å². The van der Waals surface area contributed by atoms with Crippen LogP contribution in [0.15, 0.2) is 36.4 Å². The second kappa shape index (κ2) is 9.25. The number of para-hydroxylation sites is 1. The highest BCUT2D eigenvalue weighted by atomic mass is 35.5. The summed E-state index contributed by atoms with van der Waals surface area (Å²) >= 11 is 6.14. The van der Waals surface area contributed by atoms with Crippen molar-refractivity contribution >= 4 is 23.2 Å². The Kier molecular flexibility index (Phi) is 6.75. The van der Waals surface area contributed by atoms with Crippen LogP contribution in [0.25, 0.3) is 0 Å². The summed E-state index contributed by atoms with van der Waals surface area (Å²) < 4.78 is 11.6. The molecule has 1 amide bonds. The van der Waals surface area contributed by atoms with Crippen LogP contribution in [-0.2, 0) is 4.74 Å². The fourth-order valence-corrected chi connectivity index (χ4v) is 3.64.